The molecule has 1 amide bonds. The molecule has 0 unspecified atom stereocenters. The highest BCUT2D eigenvalue weighted by Crippen LogP contribution is 2.21. The van der Waals surface area contributed by atoms with Gasteiger partial charge < -0.3 is 11.1 Å². The minimum Gasteiger partial charge on any atom is -0.355 e. The minimum absolute atomic E-state index is 0. The van der Waals surface area contributed by atoms with Crippen molar-refractivity contribution >= 4 is 41.5 Å². The van der Waals surface area contributed by atoms with Crippen LogP contribution >= 0.6 is 35.6 Å². The van der Waals surface area contributed by atoms with Gasteiger partial charge in [0.15, 0.2) is 0 Å². The van der Waals surface area contributed by atoms with Gasteiger partial charge in [0.25, 0.3) is 0 Å². The van der Waals surface area contributed by atoms with Gasteiger partial charge in [-0.15, -0.1) is 12.4 Å². The second-order valence-electron chi connectivity index (χ2n) is 4.83. The van der Waals surface area contributed by atoms with Crippen LogP contribution in [0.15, 0.2) is 18.2 Å². The predicted molar refractivity (Wildman–Crippen MR) is 83.3 cm³/mol. The molecule has 108 valence electrons. The van der Waals surface area contributed by atoms with E-state index in [2.05, 4.69) is 5.32 Å². The summed E-state index contributed by atoms with van der Waals surface area (Å²) in [5, 5.41) is 4.08. The summed E-state index contributed by atoms with van der Waals surface area (Å²) in [6.45, 7) is 4.49. The van der Waals surface area contributed by atoms with Crippen LogP contribution in [0.2, 0.25) is 10.0 Å². The van der Waals surface area contributed by atoms with Gasteiger partial charge >= 0.3 is 0 Å². The number of halogens is 3. The van der Waals surface area contributed by atoms with Crippen molar-refractivity contribution in [2.75, 3.05) is 13.1 Å². The highest BCUT2D eigenvalue weighted by Gasteiger charge is 2.25. The zero-order valence-corrected chi connectivity index (χ0v) is 13.3. The summed E-state index contributed by atoms with van der Waals surface area (Å²) in [6, 6.07) is 5.35. The SMILES string of the molecule is CC(C)(CN)C(=O)NCCc1ccc(Cl)cc1Cl.Cl. The van der Waals surface area contributed by atoms with Crippen LogP contribution in [-0.2, 0) is 11.2 Å². The van der Waals surface area contributed by atoms with E-state index in [0.717, 1.165) is 5.56 Å². The first-order chi connectivity index (χ1) is 8.36. The highest BCUT2D eigenvalue weighted by molar-refractivity contribution is 6.35. The van der Waals surface area contributed by atoms with Gasteiger partial charge in [-0.3, -0.25) is 4.79 Å². The van der Waals surface area contributed by atoms with Gasteiger partial charge in [-0.1, -0.05) is 29.3 Å². The van der Waals surface area contributed by atoms with Gasteiger partial charge in [-0.2, -0.15) is 0 Å². The van der Waals surface area contributed by atoms with E-state index in [4.69, 9.17) is 28.9 Å². The Morgan fingerprint density at radius 3 is 2.53 bits per heavy atom. The first kappa shape index (κ1) is 18.5. The molecule has 0 bridgehead atoms. The largest absolute Gasteiger partial charge is 0.355 e. The Morgan fingerprint density at radius 2 is 2.00 bits per heavy atom. The van der Waals surface area contributed by atoms with Crippen molar-refractivity contribution in [2.45, 2.75) is 20.3 Å². The Bertz CT molecular complexity index is 436. The first-order valence-corrected chi connectivity index (χ1v) is 6.54. The second kappa shape index (κ2) is 7.95. The third kappa shape index (κ3) is 5.57. The summed E-state index contributed by atoms with van der Waals surface area (Å²) in [6.07, 6.45) is 0.669. The summed E-state index contributed by atoms with van der Waals surface area (Å²) in [4.78, 5) is 11.8. The molecule has 6 heteroatoms. The van der Waals surface area contributed by atoms with E-state index in [1.807, 2.05) is 19.9 Å². The number of hydrogen-bond acceptors (Lipinski definition) is 2. The van der Waals surface area contributed by atoms with Crippen molar-refractivity contribution in [1.29, 1.82) is 0 Å². The topological polar surface area (TPSA) is 55.1 Å². The minimum atomic E-state index is -0.538. The molecule has 0 atom stereocenters. The summed E-state index contributed by atoms with van der Waals surface area (Å²) < 4.78 is 0. The van der Waals surface area contributed by atoms with Crippen molar-refractivity contribution in [3.05, 3.63) is 33.8 Å². The van der Waals surface area contributed by atoms with Gasteiger partial charge in [0.2, 0.25) is 5.91 Å². The van der Waals surface area contributed by atoms with Crippen LogP contribution in [0.5, 0.6) is 0 Å². The van der Waals surface area contributed by atoms with Crippen LogP contribution in [0.4, 0.5) is 0 Å². The number of nitrogens with two attached hydrogens (primary N) is 1. The van der Waals surface area contributed by atoms with Crippen LogP contribution in [0.25, 0.3) is 0 Å². The van der Waals surface area contributed by atoms with Gasteiger partial charge in [-0.25, -0.2) is 0 Å². The van der Waals surface area contributed by atoms with E-state index in [1.54, 1.807) is 12.1 Å². The molecule has 0 radical (unpaired) electrons. The molecule has 3 nitrogen and oxygen atoms in total. The molecule has 1 rings (SSSR count). The molecule has 3 N–H and O–H groups in total. The number of amides is 1. The summed E-state index contributed by atoms with van der Waals surface area (Å²) in [5.41, 5.74) is 5.96. The van der Waals surface area contributed by atoms with Crippen molar-refractivity contribution in [2.24, 2.45) is 11.1 Å². The predicted octanol–water partition coefficient (Wildman–Crippen LogP) is 3.06. The molecule has 1 aromatic carbocycles. The van der Waals surface area contributed by atoms with E-state index < -0.39 is 5.41 Å². The Hall–Kier alpha value is -0.480. The lowest BCUT2D eigenvalue weighted by Gasteiger charge is -2.21. The lowest BCUT2D eigenvalue weighted by atomic mass is 9.92. The van der Waals surface area contributed by atoms with Gasteiger partial charge in [0.1, 0.15) is 0 Å². The average Bonchev–Trinajstić information content (AvgIpc) is 2.31. The number of rotatable bonds is 5. The van der Waals surface area contributed by atoms with Crippen LogP contribution in [-0.4, -0.2) is 19.0 Å². The van der Waals surface area contributed by atoms with Crippen molar-refractivity contribution in [3.8, 4) is 0 Å². The third-order valence-electron chi connectivity index (χ3n) is 2.82. The third-order valence-corrected chi connectivity index (χ3v) is 3.41. The molecule has 0 spiro atoms. The Labute approximate surface area is 130 Å². The molecule has 0 saturated heterocycles. The van der Waals surface area contributed by atoms with Crippen molar-refractivity contribution < 1.29 is 4.79 Å². The molecular weight excluding hydrogens is 307 g/mol. The van der Waals surface area contributed by atoms with Crippen molar-refractivity contribution in [3.63, 3.8) is 0 Å². The summed E-state index contributed by atoms with van der Waals surface area (Å²) >= 11 is 11.9. The molecule has 0 aliphatic carbocycles. The zero-order valence-electron chi connectivity index (χ0n) is 11.0. The van der Waals surface area contributed by atoms with Crippen molar-refractivity contribution in [1.82, 2.24) is 5.32 Å². The maximum atomic E-state index is 11.8. The van der Waals surface area contributed by atoms with Gasteiger partial charge in [0.05, 0.1) is 5.41 Å². The molecule has 0 heterocycles. The lowest BCUT2D eigenvalue weighted by Crippen LogP contribution is -2.42. The average molecular weight is 326 g/mol. The molecule has 0 saturated carbocycles. The maximum Gasteiger partial charge on any atom is 0.226 e. The molecule has 0 aromatic heterocycles. The van der Waals surface area contributed by atoms with E-state index in [-0.39, 0.29) is 18.3 Å². The monoisotopic (exact) mass is 324 g/mol. The van der Waals surface area contributed by atoms with E-state index in [1.165, 1.54) is 0 Å². The molecule has 0 aliphatic heterocycles. The molecule has 0 aliphatic rings. The number of benzene rings is 1. The van der Waals surface area contributed by atoms with Crippen LogP contribution in [0.3, 0.4) is 0 Å². The zero-order chi connectivity index (χ0) is 13.8. The normalized spacial score (nSPS) is 10.8. The maximum absolute atomic E-state index is 11.8. The number of carbonyl (C=O) groups is 1. The Balaban J connectivity index is 0.00000324. The fourth-order valence-electron chi connectivity index (χ4n) is 1.37. The second-order valence-corrected chi connectivity index (χ2v) is 5.67. The van der Waals surface area contributed by atoms with Gasteiger partial charge in [0, 0.05) is 23.1 Å². The summed E-state index contributed by atoms with van der Waals surface area (Å²) in [7, 11) is 0. The van der Waals surface area contributed by atoms with E-state index in [9.17, 15) is 4.79 Å². The quantitative estimate of drug-likeness (QED) is 0.874. The van der Waals surface area contributed by atoms with Crippen LogP contribution < -0.4 is 11.1 Å². The summed E-state index contributed by atoms with van der Waals surface area (Å²) in [5.74, 6) is -0.0462. The number of carbonyl (C=O) groups excluding carboxylic acids is 1. The first-order valence-electron chi connectivity index (χ1n) is 5.79. The van der Waals surface area contributed by atoms with Crippen LogP contribution in [0, 0.1) is 5.41 Å². The van der Waals surface area contributed by atoms with E-state index in [0.29, 0.717) is 29.6 Å². The van der Waals surface area contributed by atoms with E-state index >= 15 is 0 Å². The van der Waals surface area contributed by atoms with Gasteiger partial charge in [-0.05, 0) is 38.0 Å². The molecular formula is C13H19Cl3N2O. The number of nitrogens with one attached hydrogen (secondary N) is 1. The highest BCUT2D eigenvalue weighted by atomic mass is 35.5. The molecule has 0 fully saturated rings. The Kier molecular flexibility index (Phi) is 7.75. The molecule has 19 heavy (non-hydrogen) atoms. The van der Waals surface area contributed by atoms with Crippen LogP contribution in [0.1, 0.15) is 19.4 Å². The lowest BCUT2D eigenvalue weighted by molar-refractivity contribution is -0.128. The Morgan fingerprint density at radius 1 is 1.37 bits per heavy atom. The smallest absolute Gasteiger partial charge is 0.226 e. The number of hydrogen-bond donors (Lipinski definition) is 2. The fraction of sp³-hybridized carbons (Fsp3) is 0.462. The fourth-order valence-corrected chi connectivity index (χ4v) is 1.87. The standard InChI is InChI=1S/C13H18Cl2N2O.ClH/c1-13(2,8-16)12(18)17-6-5-9-3-4-10(14)7-11(9)15;/h3-4,7H,5-6,8,16H2,1-2H3,(H,17,18);1H. The molecule has 1 aromatic rings.